The molecule has 0 spiro atoms. The number of para-hydroxylation sites is 1. The minimum atomic E-state index is -0.195. The number of pyridine rings is 1. The molecular weight excluding hydrogens is 329 g/mol. The van der Waals surface area contributed by atoms with Crippen LogP contribution in [0.25, 0.3) is 10.9 Å². The van der Waals surface area contributed by atoms with Gasteiger partial charge in [0.25, 0.3) is 0 Å². The fourth-order valence-corrected chi connectivity index (χ4v) is 3.35. The Morgan fingerprint density at radius 1 is 1.10 bits per heavy atom. The normalized spacial score (nSPS) is 12.5. The summed E-state index contributed by atoms with van der Waals surface area (Å²) < 4.78 is 13.2. The topological polar surface area (TPSA) is 12.9 Å². The predicted molar refractivity (Wildman–Crippen MR) is 88.3 cm³/mol. The molecule has 0 radical (unpaired) electrons. The van der Waals surface area contributed by atoms with Gasteiger partial charge in [0, 0.05) is 22.3 Å². The van der Waals surface area contributed by atoms with E-state index >= 15 is 0 Å². The molecule has 0 saturated carbocycles. The van der Waals surface area contributed by atoms with E-state index in [-0.39, 0.29) is 10.6 Å². The van der Waals surface area contributed by atoms with Crippen LogP contribution in [0, 0.1) is 12.7 Å². The highest BCUT2D eigenvalue weighted by molar-refractivity contribution is 9.09. The number of nitrogens with zero attached hydrogens (tertiary/aromatic N) is 1. The van der Waals surface area contributed by atoms with E-state index in [0.29, 0.717) is 0 Å². The Morgan fingerprint density at radius 2 is 1.90 bits per heavy atom. The molecule has 0 bridgehead atoms. The maximum atomic E-state index is 13.2. The summed E-state index contributed by atoms with van der Waals surface area (Å²) in [5.41, 5.74) is 4.09. The van der Waals surface area contributed by atoms with Crippen molar-refractivity contribution in [1.29, 1.82) is 0 Å². The molecule has 1 aromatic heterocycles. The number of halogens is 2. The molecule has 1 heterocycles. The molecule has 1 nitrogen and oxygen atoms in total. The third-order valence-electron chi connectivity index (χ3n) is 3.61. The van der Waals surface area contributed by atoms with Gasteiger partial charge < -0.3 is 0 Å². The van der Waals surface area contributed by atoms with E-state index in [2.05, 4.69) is 39.1 Å². The Balaban J connectivity index is 1.87. The fourth-order valence-electron chi connectivity index (χ4n) is 2.51. The number of aromatic nitrogens is 1. The average Bonchev–Trinajstić information content (AvgIpc) is 2.47. The first-order chi connectivity index (χ1) is 10.1. The second kappa shape index (κ2) is 5.94. The summed E-state index contributed by atoms with van der Waals surface area (Å²) in [5, 5.41) is 1.14. The van der Waals surface area contributed by atoms with Crippen molar-refractivity contribution in [2.75, 3.05) is 0 Å². The zero-order valence-corrected chi connectivity index (χ0v) is 13.3. The molecule has 0 aliphatic carbocycles. The monoisotopic (exact) mass is 343 g/mol. The highest BCUT2D eigenvalue weighted by Gasteiger charge is 2.12. The van der Waals surface area contributed by atoms with Crippen molar-refractivity contribution in [2.45, 2.75) is 18.2 Å². The molecule has 21 heavy (non-hydrogen) atoms. The number of benzene rings is 2. The number of alkyl halides is 1. The number of fused-ring (bicyclic) bond motifs is 1. The minimum absolute atomic E-state index is 0.131. The highest BCUT2D eigenvalue weighted by Crippen LogP contribution is 2.29. The molecule has 0 N–H and O–H groups in total. The summed E-state index contributed by atoms with van der Waals surface area (Å²) in [6.45, 7) is 1.93. The summed E-state index contributed by atoms with van der Waals surface area (Å²) in [7, 11) is 0. The number of rotatable bonds is 3. The number of hydrogen-bond acceptors (Lipinski definition) is 1. The van der Waals surface area contributed by atoms with E-state index in [9.17, 15) is 4.39 Å². The molecule has 3 rings (SSSR count). The van der Waals surface area contributed by atoms with Crippen LogP contribution in [0.15, 0.2) is 54.6 Å². The van der Waals surface area contributed by atoms with E-state index in [1.807, 2.05) is 31.2 Å². The highest BCUT2D eigenvalue weighted by atomic mass is 79.9. The van der Waals surface area contributed by atoms with Gasteiger partial charge in [-0.1, -0.05) is 46.3 Å². The summed E-state index contributed by atoms with van der Waals surface area (Å²) in [4.78, 5) is 4.82. The van der Waals surface area contributed by atoms with Crippen molar-refractivity contribution >= 4 is 26.8 Å². The lowest BCUT2D eigenvalue weighted by Crippen LogP contribution is -2.00. The Kier molecular flexibility index (Phi) is 4.02. The first-order valence-electron chi connectivity index (χ1n) is 6.88. The third kappa shape index (κ3) is 3.13. The third-order valence-corrected chi connectivity index (χ3v) is 4.43. The van der Waals surface area contributed by atoms with Crippen LogP contribution in [-0.2, 0) is 6.42 Å². The molecule has 2 aromatic carbocycles. The van der Waals surface area contributed by atoms with Crippen molar-refractivity contribution in [3.63, 3.8) is 0 Å². The molecule has 0 saturated heterocycles. The molecular formula is C18H15BrFN. The Bertz CT molecular complexity index is 785. The lowest BCUT2D eigenvalue weighted by atomic mass is 10.0. The lowest BCUT2D eigenvalue weighted by Gasteiger charge is -2.13. The van der Waals surface area contributed by atoms with Crippen LogP contribution in [0.1, 0.15) is 21.6 Å². The Morgan fingerprint density at radius 3 is 2.71 bits per heavy atom. The smallest absolute Gasteiger partial charge is 0.123 e. The SMILES string of the molecule is Cc1cc(F)ccc1C(Br)Cc1ccc2ccccc2n1. The van der Waals surface area contributed by atoms with Gasteiger partial charge in [-0.3, -0.25) is 4.98 Å². The lowest BCUT2D eigenvalue weighted by molar-refractivity contribution is 0.625. The second-order valence-corrected chi connectivity index (χ2v) is 6.27. The Labute approximate surface area is 132 Å². The molecule has 1 atom stereocenters. The number of hydrogen-bond donors (Lipinski definition) is 0. The Hall–Kier alpha value is -1.74. The molecule has 3 heteroatoms. The second-order valence-electron chi connectivity index (χ2n) is 5.17. The maximum Gasteiger partial charge on any atom is 0.123 e. The summed E-state index contributed by atoms with van der Waals surface area (Å²) in [6.07, 6.45) is 0.775. The summed E-state index contributed by atoms with van der Waals surface area (Å²) >= 11 is 3.70. The van der Waals surface area contributed by atoms with Crippen molar-refractivity contribution in [1.82, 2.24) is 4.98 Å². The number of aryl methyl sites for hydroxylation is 1. The van der Waals surface area contributed by atoms with E-state index in [4.69, 9.17) is 0 Å². The average molecular weight is 344 g/mol. The van der Waals surface area contributed by atoms with Crippen LogP contribution in [0.2, 0.25) is 0 Å². The van der Waals surface area contributed by atoms with Crippen molar-refractivity contribution in [3.8, 4) is 0 Å². The maximum absolute atomic E-state index is 13.2. The zero-order chi connectivity index (χ0) is 14.8. The van der Waals surface area contributed by atoms with Gasteiger partial charge in [-0.25, -0.2) is 4.39 Å². The summed E-state index contributed by atoms with van der Waals surface area (Å²) in [6, 6.07) is 17.1. The molecule has 1 unspecified atom stereocenters. The molecule has 0 amide bonds. The predicted octanol–water partition coefficient (Wildman–Crippen LogP) is 5.36. The quantitative estimate of drug-likeness (QED) is 0.583. The van der Waals surface area contributed by atoms with Crippen LogP contribution in [-0.4, -0.2) is 4.98 Å². The molecule has 0 aliphatic rings. The van der Waals surface area contributed by atoms with Gasteiger partial charge in [-0.05, 0) is 42.3 Å². The minimum Gasteiger partial charge on any atom is -0.253 e. The van der Waals surface area contributed by atoms with E-state index < -0.39 is 0 Å². The van der Waals surface area contributed by atoms with E-state index in [1.54, 1.807) is 6.07 Å². The van der Waals surface area contributed by atoms with Crippen molar-refractivity contribution < 1.29 is 4.39 Å². The standard InChI is InChI=1S/C18H15BrFN/c1-12-10-14(20)7-9-16(12)17(19)11-15-8-6-13-4-2-3-5-18(13)21-15/h2-10,17H,11H2,1H3. The zero-order valence-electron chi connectivity index (χ0n) is 11.7. The molecule has 106 valence electrons. The van der Waals surface area contributed by atoms with E-state index in [0.717, 1.165) is 34.1 Å². The van der Waals surface area contributed by atoms with Crippen molar-refractivity contribution in [2.24, 2.45) is 0 Å². The van der Waals surface area contributed by atoms with Crippen molar-refractivity contribution in [3.05, 3.63) is 77.2 Å². The fraction of sp³-hybridized carbons (Fsp3) is 0.167. The first kappa shape index (κ1) is 14.2. The van der Waals surface area contributed by atoms with Crippen LogP contribution in [0.5, 0.6) is 0 Å². The van der Waals surface area contributed by atoms with Gasteiger partial charge in [0.1, 0.15) is 5.82 Å². The van der Waals surface area contributed by atoms with Crippen LogP contribution >= 0.6 is 15.9 Å². The van der Waals surface area contributed by atoms with Crippen LogP contribution in [0.3, 0.4) is 0 Å². The van der Waals surface area contributed by atoms with Crippen LogP contribution < -0.4 is 0 Å². The van der Waals surface area contributed by atoms with Gasteiger partial charge in [-0.15, -0.1) is 0 Å². The van der Waals surface area contributed by atoms with Gasteiger partial charge in [0.15, 0.2) is 0 Å². The van der Waals surface area contributed by atoms with Gasteiger partial charge in [0.05, 0.1) is 5.52 Å². The largest absolute Gasteiger partial charge is 0.253 e. The van der Waals surface area contributed by atoms with Gasteiger partial charge in [0.2, 0.25) is 0 Å². The summed E-state index contributed by atoms with van der Waals surface area (Å²) in [5.74, 6) is -0.195. The van der Waals surface area contributed by atoms with E-state index in [1.165, 1.54) is 6.07 Å². The molecule has 3 aromatic rings. The molecule has 0 aliphatic heterocycles. The first-order valence-corrected chi connectivity index (χ1v) is 7.80. The van der Waals surface area contributed by atoms with Gasteiger partial charge >= 0.3 is 0 Å². The van der Waals surface area contributed by atoms with Crippen LogP contribution in [0.4, 0.5) is 4.39 Å². The van der Waals surface area contributed by atoms with Gasteiger partial charge in [-0.2, -0.15) is 0 Å². The molecule has 0 fully saturated rings.